The van der Waals surface area contributed by atoms with Crippen LogP contribution in [0.15, 0.2) is 50.8 Å². The number of benzene rings is 2. The molecule has 1 saturated heterocycles. The molecule has 7 nitrogen and oxygen atoms in total. The highest BCUT2D eigenvalue weighted by molar-refractivity contribution is 9.10. The van der Waals surface area contributed by atoms with Crippen molar-refractivity contribution in [1.82, 2.24) is 4.90 Å². The van der Waals surface area contributed by atoms with E-state index in [1.54, 1.807) is 30.2 Å². The molecule has 1 aliphatic rings. The quantitative estimate of drug-likeness (QED) is 0.519. The number of amidine groups is 1. The molecule has 2 aromatic carbocycles. The molecule has 2 amide bonds. The number of nitrogens with zero attached hydrogens (tertiary/aromatic N) is 2. The fourth-order valence-corrected chi connectivity index (χ4v) is 4.60. The zero-order valence-corrected chi connectivity index (χ0v) is 20.5. The molecule has 0 aromatic heterocycles. The second-order valence-corrected chi connectivity index (χ2v) is 8.73. The summed E-state index contributed by atoms with van der Waals surface area (Å²) in [5, 5.41) is 0.618. The smallest absolute Gasteiger partial charge is 0.266 e. The van der Waals surface area contributed by atoms with Crippen LogP contribution in [-0.2, 0) is 16.0 Å². The van der Waals surface area contributed by atoms with Crippen molar-refractivity contribution < 1.29 is 19.1 Å². The molecule has 0 spiro atoms. The number of ether oxygens (including phenoxy) is 2. The maximum Gasteiger partial charge on any atom is 0.266 e. The molecule has 0 bridgehead atoms. The summed E-state index contributed by atoms with van der Waals surface area (Å²) in [6.07, 6.45) is 2.64. The first kappa shape index (κ1) is 23.9. The van der Waals surface area contributed by atoms with E-state index in [9.17, 15) is 9.59 Å². The SMILES string of the molecule is CCOc1cc(/C=C2/SC(=Nc3ccccc3CC)N(C)C2=O)cc(Br)c1OCC(N)=O. The number of thioether (sulfide) groups is 1. The third kappa shape index (κ3) is 5.52. The summed E-state index contributed by atoms with van der Waals surface area (Å²) >= 11 is 4.77. The van der Waals surface area contributed by atoms with Gasteiger partial charge in [0.1, 0.15) is 0 Å². The summed E-state index contributed by atoms with van der Waals surface area (Å²) in [5.74, 6) is 0.113. The van der Waals surface area contributed by atoms with Crippen LogP contribution in [0, 0.1) is 0 Å². The predicted octanol–water partition coefficient (Wildman–Crippen LogP) is 4.51. The number of hydrogen-bond donors (Lipinski definition) is 1. The number of hydrogen-bond acceptors (Lipinski definition) is 6. The van der Waals surface area contributed by atoms with Crippen molar-refractivity contribution in [2.75, 3.05) is 20.3 Å². The van der Waals surface area contributed by atoms with Gasteiger partial charge < -0.3 is 15.2 Å². The normalized spacial score (nSPS) is 16.1. The summed E-state index contributed by atoms with van der Waals surface area (Å²) in [6.45, 7) is 4.06. The largest absolute Gasteiger partial charge is 0.490 e. The molecule has 0 radical (unpaired) electrons. The zero-order chi connectivity index (χ0) is 23.3. The third-order valence-electron chi connectivity index (χ3n) is 4.58. The Morgan fingerprint density at radius 2 is 2.00 bits per heavy atom. The fourth-order valence-electron chi connectivity index (χ4n) is 3.04. The molecule has 0 unspecified atom stereocenters. The Morgan fingerprint density at radius 1 is 1.25 bits per heavy atom. The van der Waals surface area contributed by atoms with Crippen LogP contribution in [0.2, 0.25) is 0 Å². The van der Waals surface area contributed by atoms with E-state index in [0.717, 1.165) is 23.2 Å². The number of rotatable bonds is 8. The van der Waals surface area contributed by atoms with Crippen LogP contribution in [0.4, 0.5) is 5.69 Å². The lowest BCUT2D eigenvalue weighted by Gasteiger charge is -2.14. The lowest BCUT2D eigenvalue weighted by atomic mass is 10.1. The monoisotopic (exact) mass is 517 g/mol. The molecule has 1 heterocycles. The van der Waals surface area contributed by atoms with E-state index < -0.39 is 5.91 Å². The first-order valence-corrected chi connectivity index (χ1v) is 11.7. The molecule has 32 heavy (non-hydrogen) atoms. The van der Waals surface area contributed by atoms with Crippen LogP contribution in [-0.4, -0.2) is 42.1 Å². The average molecular weight is 518 g/mol. The van der Waals surface area contributed by atoms with Gasteiger partial charge in [-0.25, -0.2) is 4.99 Å². The molecule has 3 rings (SSSR count). The van der Waals surface area contributed by atoms with E-state index in [0.29, 0.717) is 32.7 Å². The number of carbonyl (C=O) groups excluding carboxylic acids is 2. The van der Waals surface area contributed by atoms with Gasteiger partial charge in [0.15, 0.2) is 23.3 Å². The zero-order valence-electron chi connectivity index (χ0n) is 18.1. The van der Waals surface area contributed by atoms with Crippen molar-refractivity contribution in [1.29, 1.82) is 0 Å². The molecule has 1 aliphatic heterocycles. The lowest BCUT2D eigenvalue weighted by Crippen LogP contribution is -2.23. The van der Waals surface area contributed by atoms with E-state index in [1.807, 2.05) is 31.2 Å². The van der Waals surface area contributed by atoms with E-state index in [4.69, 9.17) is 20.2 Å². The van der Waals surface area contributed by atoms with Crippen LogP contribution in [0.1, 0.15) is 25.0 Å². The van der Waals surface area contributed by atoms with Gasteiger partial charge in [0.25, 0.3) is 11.8 Å². The average Bonchev–Trinajstić information content (AvgIpc) is 3.01. The van der Waals surface area contributed by atoms with E-state index >= 15 is 0 Å². The highest BCUT2D eigenvalue weighted by Crippen LogP contribution is 2.39. The van der Waals surface area contributed by atoms with Crippen molar-refractivity contribution in [3.05, 3.63) is 56.9 Å². The molecule has 0 aliphatic carbocycles. The topological polar surface area (TPSA) is 94.2 Å². The van der Waals surface area contributed by atoms with Crippen molar-refractivity contribution in [3.63, 3.8) is 0 Å². The molecular formula is C23H24BrN3O4S. The van der Waals surface area contributed by atoms with Gasteiger partial charge in [-0.15, -0.1) is 0 Å². The van der Waals surface area contributed by atoms with Gasteiger partial charge in [-0.1, -0.05) is 25.1 Å². The fraction of sp³-hybridized carbons (Fsp3) is 0.261. The van der Waals surface area contributed by atoms with Gasteiger partial charge in [0.2, 0.25) is 0 Å². The maximum absolute atomic E-state index is 12.8. The molecule has 0 atom stereocenters. The highest BCUT2D eigenvalue weighted by Gasteiger charge is 2.30. The Bertz CT molecular complexity index is 1100. The minimum Gasteiger partial charge on any atom is -0.490 e. The number of amides is 2. The summed E-state index contributed by atoms with van der Waals surface area (Å²) < 4.78 is 11.7. The minimum absolute atomic E-state index is 0.133. The van der Waals surface area contributed by atoms with Crippen LogP contribution in [0.25, 0.3) is 6.08 Å². The van der Waals surface area contributed by atoms with Crippen LogP contribution in [0.3, 0.4) is 0 Å². The first-order chi connectivity index (χ1) is 15.3. The Kier molecular flexibility index (Phi) is 7.98. The highest BCUT2D eigenvalue weighted by atomic mass is 79.9. The Hall–Kier alpha value is -2.78. The lowest BCUT2D eigenvalue weighted by molar-refractivity contribution is -0.121. The van der Waals surface area contributed by atoms with E-state index in [1.165, 1.54) is 11.8 Å². The van der Waals surface area contributed by atoms with Crippen molar-refractivity contribution in [2.45, 2.75) is 20.3 Å². The number of primary amides is 1. The van der Waals surface area contributed by atoms with Gasteiger partial charge in [0.05, 0.1) is 21.7 Å². The van der Waals surface area contributed by atoms with Crippen molar-refractivity contribution >= 4 is 56.4 Å². The third-order valence-corrected chi connectivity index (χ3v) is 6.23. The number of halogens is 1. The number of likely N-dealkylation sites (N-methyl/N-ethyl adjacent to an activating group) is 1. The van der Waals surface area contributed by atoms with Crippen LogP contribution >= 0.6 is 27.7 Å². The molecular weight excluding hydrogens is 494 g/mol. The second kappa shape index (κ2) is 10.7. The molecule has 9 heteroatoms. The Balaban J connectivity index is 1.93. The number of para-hydroxylation sites is 1. The van der Waals surface area contributed by atoms with Gasteiger partial charge in [0, 0.05) is 7.05 Å². The summed E-state index contributed by atoms with van der Waals surface area (Å²) in [7, 11) is 1.71. The van der Waals surface area contributed by atoms with Crippen LogP contribution < -0.4 is 15.2 Å². The minimum atomic E-state index is -0.585. The number of carbonyl (C=O) groups is 2. The van der Waals surface area contributed by atoms with Gasteiger partial charge in [-0.2, -0.15) is 0 Å². The van der Waals surface area contributed by atoms with E-state index in [2.05, 4.69) is 22.9 Å². The van der Waals surface area contributed by atoms with Crippen molar-refractivity contribution in [3.8, 4) is 11.5 Å². The Labute approximate surface area is 199 Å². The number of nitrogens with two attached hydrogens (primary N) is 1. The molecule has 2 N–H and O–H groups in total. The summed E-state index contributed by atoms with van der Waals surface area (Å²) in [6, 6.07) is 11.4. The van der Waals surface area contributed by atoms with Crippen molar-refractivity contribution in [2.24, 2.45) is 10.7 Å². The number of aryl methyl sites for hydroxylation is 1. The summed E-state index contributed by atoms with van der Waals surface area (Å²) in [4.78, 5) is 30.7. The first-order valence-electron chi connectivity index (χ1n) is 10.1. The van der Waals surface area contributed by atoms with Crippen LogP contribution in [0.5, 0.6) is 11.5 Å². The van der Waals surface area contributed by atoms with E-state index in [-0.39, 0.29) is 12.5 Å². The summed E-state index contributed by atoms with van der Waals surface area (Å²) in [5.41, 5.74) is 7.90. The maximum atomic E-state index is 12.8. The molecule has 168 valence electrons. The molecule has 2 aromatic rings. The van der Waals surface area contributed by atoms with Gasteiger partial charge in [-0.05, 0) is 76.4 Å². The second-order valence-electron chi connectivity index (χ2n) is 6.87. The standard InChI is InChI=1S/C23H24BrN3O4S/c1-4-15-8-6-7-9-17(15)26-23-27(3)22(29)19(32-23)12-14-10-16(24)21(31-13-20(25)28)18(11-14)30-5-2/h6-12H,4-5,13H2,1-3H3,(H2,25,28)/b19-12+,26-23?. The molecule has 1 fully saturated rings. The molecule has 0 saturated carbocycles. The van der Waals surface area contributed by atoms with Gasteiger partial charge in [-0.3, -0.25) is 14.5 Å². The number of aliphatic imine (C=N–C) groups is 1. The van der Waals surface area contributed by atoms with Gasteiger partial charge >= 0.3 is 0 Å². The Morgan fingerprint density at radius 3 is 2.69 bits per heavy atom. The predicted molar refractivity (Wildman–Crippen MR) is 131 cm³/mol.